The van der Waals surface area contributed by atoms with Crippen LogP contribution < -0.4 is 0 Å². The maximum absolute atomic E-state index is 4.41. The smallest absolute Gasteiger partial charge is 0.113 e. The highest BCUT2D eigenvalue weighted by atomic mass is 15.4. The average molecular weight is 300 g/mol. The summed E-state index contributed by atoms with van der Waals surface area (Å²) in [5, 5.41) is 8.71. The number of hydrogen-bond acceptors (Lipinski definition) is 3. The lowest BCUT2D eigenvalue weighted by molar-refractivity contribution is 0.517. The molecule has 1 unspecified atom stereocenters. The zero-order valence-corrected chi connectivity index (χ0v) is 12.6. The van der Waals surface area contributed by atoms with Gasteiger partial charge in [-0.15, -0.1) is 5.10 Å². The molecule has 1 atom stereocenters. The number of benzene rings is 2. The van der Waals surface area contributed by atoms with E-state index in [1.54, 1.807) is 6.20 Å². The van der Waals surface area contributed by atoms with Gasteiger partial charge in [0, 0.05) is 12.4 Å². The van der Waals surface area contributed by atoms with Crippen molar-refractivity contribution in [2.75, 3.05) is 0 Å². The molecule has 0 aliphatic carbocycles. The molecule has 0 aliphatic rings. The number of hydrogen-bond donors (Lipinski definition) is 0. The maximum Gasteiger partial charge on any atom is 0.113 e. The summed E-state index contributed by atoms with van der Waals surface area (Å²) in [6.45, 7) is 0. The van der Waals surface area contributed by atoms with E-state index in [-0.39, 0.29) is 6.04 Å². The van der Waals surface area contributed by atoms with Gasteiger partial charge in [-0.2, -0.15) is 0 Å². The number of pyridine rings is 1. The average Bonchev–Trinajstić information content (AvgIpc) is 3.05. The van der Waals surface area contributed by atoms with Crippen molar-refractivity contribution in [3.8, 4) is 0 Å². The van der Waals surface area contributed by atoms with Gasteiger partial charge in [0.2, 0.25) is 0 Å². The van der Waals surface area contributed by atoms with E-state index < -0.39 is 0 Å². The Morgan fingerprint density at radius 2 is 1.70 bits per heavy atom. The summed E-state index contributed by atoms with van der Waals surface area (Å²) in [6, 6.07) is 22.6. The van der Waals surface area contributed by atoms with Crippen molar-refractivity contribution in [3.05, 3.63) is 90.3 Å². The van der Waals surface area contributed by atoms with Crippen molar-refractivity contribution >= 4 is 11.0 Å². The van der Waals surface area contributed by atoms with E-state index in [1.165, 1.54) is 5.56 Å². The Hall–Kier alpha value is -3.01. The second-order valence-corrected chi connectivity index (χ2v) is 5.51. The fourth-order valence-electron chi connectivity index (χ4n) is 2.87. The lowest BCUT2D eigenvalue weighted by Crippen LogP contribution is -2.15. The van der Waals surface area contributed by atoms with Gasteiger partial charge in [0.15, 0.2) is 0 Å². The Bertz CT molecular complexity index is 900. The molecule has 2 aromatic heterocycles. The summed E-state index contributed by atoms with van der Waals surface area (Å²) in [6.07, 6.45) is 4.55. The number of aromatic nitrogens is 4. The molecule has 0 N–H and O–H groups in total. The van der Waals surface area contributed by atoms with Crippen LogP contribution in [0.4, 0.5) is 0 Å². The highest BCUT2D eigenvalue weighted by molar-refractivity contribution is 5.74. The van der Waals surface area contributed by atoms with Crippen LogP contribution in [0.25, 0.3) is 11.0 Å². The van der Waals surface area contributed by atoms with Gasteiger partial charge in [-0.3, -0.25) is 4.98 Å². The predicted octanol–water partition coefficient (Wildman–Crippen LogP) is 3.66. The van der Waals surface area contributed by atoms with Gasteiger partial charge in [-0.1, -0.05) is 53.7 Å². The van der Waals surface area contributed by atoms with Crippen LogP contribution in [0.1, 0.15) is 17.2 Å². The molecule has 0 amide bonds. The third kappa shape index (κ3) is 2.71. The second kappa shape index (κ2) is 6.01. The molecule has 2 aromatic carbocycles. The van der Waals surface area contributed by atoms with Crippen LogP contribution in [0, 0.1) is 0 Å². The van der Waals surface area contributed by atoms with Crippen molar-refractivity contribution in [2.45, 2.75) is 12.5 Å². The van der Waals surface area contributed by atoms with Gasteiger partial charge in [0.1, 0.15) is 5.52 Å². The molecular formula is C19H16N4. The highest BCUT2D eigenvalue weighted by Crippen LogP contribution is 2.25. The molecular weight excluding hydrogens is 284 g/mol. The van der Waals surface area contributed by atoms with Crippen LogP contribution in [0.15, 0.2) is 79.1 Å². The zero-order chi connectivity index (χ0) is 15.5. The van der Waals surface area contributed by atoms with Gasteiger partial charge in [0.25, 0.3) is 0 Å². The lowest BCUT2D eigenvalue weighted by atomic mass is 10.00. The molecule has 23 heavy (non-hydrogen) atoms. The minimum atomic E-state index is 0.0681. The largest absolute Gasteiger partial charge is 0.264 e. The fourth-order valence-corrected chi connectivity index (χ4v) is 2.87. The van der Waals surface area contributed by atoms with Crippen LogP contribution in [-0.2, 0) is 6.42 Å². The molecule has 0 fully saturated rings. The number of nitrogens with zero attached hydrogens (tertiary/aromatic N) is 4. The molecule has 0 saturated heterocycles. The third-order valence-electron chi connectivity index (χ3n) is 4.01. The van der Waals surface area contributed by atoms with E-state index >= 15 is 0 Å². The topological polar surface area (TPSA) is 43.6 Å². The predicted molar refractivity (Wildman–Crippen MR) is 90.1 cm³/mol. The van der Waals surface area contributed by atoms with Crippen molar-refractivity contribution in [2.24, 2.45) is 0 Å². The van der Waals surface area contributed by atoms with Crippen LogP contribution in [0.5, 0.6) is 0 Å². The summed E-state index contributed by atoms with van der Waals surface area (Å²) in [5.41, 5.74) is 4.35. The van der Waals surface area contributed by atoms with Crippen molar-refractivity contribution < 1.29 is 0 Å². The monoisotopic (exact) mass is 300 g/mol. The first kappa shape index (κ1) is 13.6. The Balaban J connectivity index is 1.82. The minimum Gasteiger partial charge on any atom is -0.264 e. The maximum atomic E-state index is 4.41. The first-order valence-electron chi connectivity index (χ1n) is 7.65. The van der Waals surface area contributed by atoms with E-state index in [1.807, 2.05) is 41.2 Å². The lowest BCUT2D eigenvalue weighted by Gasteiger charge is -2.18. The second-order valence-electron chi connectivity index (χ2n) is 5.51. The molecule has 112 valence electrons. The molecule has 4 nitrogen and oxygen atoms in total. The highest BCUT2D eigenvalue weighted by Gasteiger charge is 2.18. The number of rotatable bonds is 4. The molecule has 0 radical (unpaired) electrons. The fraction of sp³-hybridized carbons (Fsp3) is 0.105. The van der Waals surface area contributed by atoms with E-state index in [0.29, 0.717) is 0 Å². The number of fused-ring (bicyclic) bond motifs is 1. The molecule has 0 spiro atoms. The molecule has 2 heterocycles. The molecule has 0 bridgehead atoms. The summed E-state index contributed by atoms with van der Waals surface area (Å²) in [7, 11) is 0. The Morgan fingerprint density at radius 3 is 2.52 bits per heavy atom. The quantitative estimate of drug-likeness (QED) is 0.577. The summed E-state index contributed by atoms with van der Waals surface area (Å²) < 4.78 is 2.00. The van der Waals surface area contributed by atoms with Crippen LogP contribution >= 0.6 is 0 Å². The SMILES string of the molecule is c1ccc(CC(c2cccnc2)n2nnc3ccccc32)cc1. The standard InChI is InChI=1S/C19H16N4/c1-2-7-15(8-3-1)13-19(16-9-6-12-20-14-16)23-18-11-5-4-10-17(18)21-22-23/h1-12,14,19H,13H2. The minimum absolute atomic E-state index is 0.0681. The Labute approximate surface area is 134 Å². The first-order chi connectivity index (χ1) is 11.4. The van der Waals surface area contributed by atoms with Gasteiger partial charge < -0.3 is 0 Å². The van der Waals surface area contributed by atoms with Crippen LogP contribution in [-0.4, -0.2) is 20.0 Å². The molecule has 4 rings (SSSR count). The van der Waals surface area contributed by atoms with E-state index in [2.05, 4.69) is 51.7 Å². The van der Waals surface area contributed by atoms with Gasteiger partial charge in [-0.05, 0) is 35.7 Å². The van der Waals surface area contributed by atoms with Gasteiger partial charge in [-0.25, -0.2) is 4.68 Å². The van der Waals surface area contributed by atoms with Crippen LogP contribution in [0.2, 0.25) is 0 Å². The summed E-state index contributed by atoms with van der Waals surface area (Å²) in [5.74, 6) is 0. The molecule has 0 saturated carbocycles. The van der Waals surface area contributed by atoms with Crippen LogP contribution in [0.3, 0.4) is 0 Å². The van der Waals surface area contributed by atoms with E-state index in [9.17, 15) is 0 Å². The summed E-state index contributed by atoms with van der Waals surface area (Å²) in [4.78, 5) is 4.28. The van der Waals surface area contributed by atoms with Crippen molar-refractivity contribution in [3.63, 3.8) is 0 Å². The van der Waals surface area contributed by atoms with E-state index in [4.69, 9.17) is 0 Å². The molecule has 4 aromatic rings. The Morgan fingerprint density at radius 1 is 0.870 bits per heavy atom. The third-order valence-corrected chi connectivity index (χ3v) is 4.01. The number of para-hydroxylation sites is 1. The summed E-state index contributed by atoms with van der Waals surface area (Å²) >= 11 is 0. The van der Waals surface area contributed by atoms with Gasteiger partial charge in [0.05, 0.1) is 11.6 Å². The van der Waals surface area contributed by atoms with Gasteiger partial charge >= 0.3 is 0 Å². The zero-order valence-electron chi connectivity index (χ0n) is 12.6. The van der Waals surface area contributed by atoms with Crippen molar-refractivity contribution in [1.29, 1.82) is 0 Å². The normalized spacial score (nSPS) is 12.3. The Kier molecular flexibility index (Phi) is 3.56. The first-order valence-corrected chi connectivity index (χ1v) is 7.65. The molecule has 4 heteroatoms. The molecule has 0 aliphatic heterocycles. The van der Waals surface area contributed by atoms with E-state index in [0.717, 1.165) is 23.0 Å². The van der Waals surface area contributed by atoms with Crippen molar-refractivity contribution in [1.82, 2.24) is 20.0 Å².